The van der Waals surface area contributed by atoms with Crippen LogP contribution in [0.1, 0.15) is 77.7 Å². The van der Waals surface area contributed by atoms with Crippen LogP contribution in [0.2, 0.25) is 0 Å². The minimum Gasteiger partial charge on any atom is -0.496 e. The summed E-state index contributed by atoms with van der Waals surface area (Å²) in [6.07, 6.45) is 1.43. The average molecular weight is 572 g/mol. The predicted molar refractivity (Wildman–Crippen MR) is 144 cm³/mol. The molecule has 10 heteroatoms. The molecule has 2 aromatic rings. The molecule has 1 aliphatic carbocycles. The summed E-state index contributed by atoms with van der Waals surface area (Å²) in [7, 11) is 2.90. The summed E-state index contributed by atoms with van der Waals surface area (Å²) in [6.45, 7) is 4.18. The van der Waals surface area contributed by atoms with Crippen LogP contribution in [0.4, 0.5) is 13.2 Å². The fourth-order valence-electron chi connectivity index (χ4n) is 7.96. The van der Waals surface area contributed by atoms with E-state index in [0.29, 0.717) is 41.0 Å². The maximum Gasteiger partial charge on any atom is 0.417 e. The van der Waals surface area contributed by atoms with Crippen LogP contribution < -0.4 is 4.74 Å². The molecule has 220 valence electrons. The molecule has 1 saturated carbocycles. The van der Waals surface area contributed by atoms with E-state index in [1.54, 1.807) is 0 Å². The van der Waals surface area contributed by atoms with Crippen molar-refractivity contribution in [3.05, 3.63) is 58.4 Å². The molecular formula is C31H36F3N3O4. The molecule has 4 heterocycles. The van der Waals surface area contributed by atoms with Crippen LogP contribution in [0.25, 0.3) is 0 Å². The van der Waals surface area contributed by atoms with Gasteiger partial charge in [-0.1, -0.05) is 13.0 Å². The molecule has 2 unspecified atom stereocenters. The van der Waals surface area contributed by atoms with Crippen molar-refractivity contribution in [2.45, 2.75) is 76.2 Å². The Morgan fingerprint density at radius 2 is 1.88 bits per heavy atom. The number of alkyl halides is 3. The molecule has 1 aromatic heterocycles. The van der Waals surface area contributed by atoms with Crippen molar-refractivity contribution in [1.82, 2.24) is 14.8 Å². The lowest BCUT2D eigenvalue weighted by Gasteiger charge is -2.37. The highest BCUT2D eigenvalue weighted by Gasteiger charge is 2.61. The first kappa shape index (κ1) is 28.0. The van der Waals surface area contributed by atoms with E-state index < -0.39 is 23.1 Å². The van der Waals surface area contributed by atoms with Gasteiger partial charge in [-0.15, -0.1) is 0 Å². The van der Waals surface area contributed by atoms with Gasteiger partial charge < -0.3 is 19.3 Å². The van der Waals surface area contributed by atoms with Crippen molar-refractivity contribution in [1.29, 1.82) is 0 Å². The summed E-state index contributed by atoms with van der Waals surface area (Å²) < 4.78 is 50.2. The van der Waals surface area contributed by atoms with E-state index in [4.69, 9.17) is 9.47 Å². The highest BCUT2D eigenvalue weighted by atomic mass is 19.4. The first-order valence-electron chi connectivity index (χ1n) is 14.4. The second-order valence-corrected chi connectivity index (χ2v) is 12.1. The standard InChI is InChI=1S/C31H36F3N3O4/c1-18-26-14-25-21(12-22(16-35-25)31(32,33)34)17-37(26)29(39)30(18)9-6-23(15-30)36-10-7-19(8-11-36)20-4-5-27(40-2)24(13-20)28(38)41-3/h4-5,12-13,16,18-19,23,26H,6-11,14-15,17H2,1-3H3/t18?,23-,26?,30+/m1/s1. The maximum atomic E-state index is 13.9. The molecule has 3 aliphatic heterocycles. The Morgan fingerprint density at radius 3 is 2.56 bits per heavy atom. The number of methoxy groups -OCH3 is 2. The molecule has 2 saturated heterocycles. The van der Waals surface area contributed by atoms with Gasteiger partial charge in [-0.2, -0.15) is 13.2 Å². The second kappa shape index (κ2) is 10.3. The van der Waals surface area contributed by atoms with Crippen molar-refractivity contribution in [2.75, 3.05) is 27.3 Å². The average Bonchev–Trinajstić information content (AvgIpc) is 3.51. The van der Waals surface area contributed by atoms with Gasteiger partial charge >= 0.3 is 12.1 Å². The number of esters is 1. The number of nitrogens with zero attached hydrogens (tertiary/aromatic N) is 3. The van der Waals surface area contributed by atoms with Crippen LogP contribution in [0.15, 0.2) is 30.5 Å². The van der Waals surface area contributed by atoms with Crippen molar-refractivity contribution < 1.29 is 32.2 Å². The minimum atomic E-state index is -4.45. The molecule has 0 bridgehead atoms. The molecule has 7 nitrogen and oxygen atoms in total. The van der Waals surface area contributed by atoms with Crippen LogP contribution in [0.5, 0.6) is 5.75 Å². The van der Waals surface area contributed by atoms with Gasteiger partial charge in [0.1, 0.15) is 11.3 Å². The third kappa shape index (κ3) is 4.68. The predicted octanol–water partition coefficient (Wildman–Crippen LogP) is 5.22. The summed E-state index contributed by atoms with van der Waals surface area (Å²) in [4.78, 5) is 34.7. The molecule has 3 fully saturated rings. The lowest BCUT2D eigenvalue weighted by molar-refractivity contribution is -0.138. The third-order valence-corrected chi connectivity index (χ3v) is 10.3. The molecular weight excluding hydrogens is 535 g/mol. The quantitative estimate of drug-likeness (QED) is 0.469. The van der Waals surface area contributed by atoms with E-state index >= 15 is 0 Å². The Morgan fingerprint density at radius 1 is 1.12 bits per heavy atom. The topological polar surface area (TPSA) is 72.0 Å². The SMILES string of the molecule is COC(=O)c1cc(C2CCN([C@@H]3CC[C@@]4(C3)C(=O)N3Cc5cc(C(F)(F)F)cnc5CC3C4C)CC2)ccc1OC. The van der Waals surface area contributed by atoms with Gasteiger partial charge in [0.05, 0.1) is 25.2 Å². The first-order chi connectivity index (χ1) is 19.6. The Kier molecular flexibility index (Phi) is 7.03. The molecule has 1 amide bonds. The first-order valence-corrected chi connectivity index (χ1v) is 14.4. The van der Waals surface area contributed by atoms with Gasteiger partial charge in [0.2, 0.25) is 5.91 Å². The highest BCUT2D eigenvalue weighted by molar-refractivity contribution is 5.92. The number of likely N-dealkylation sites (tertiary alicyclic amines) is 1. The number of carbonyl (C=O) groups is 2. The summed E-state index contributed by atoms with van der Waals surface area (Å²) in [5.74, 6) is 0.628. The number of hydrogen-bond donors (Lipinski definition) is 0. The number of piperidine rings is 1. The third-order valence-electron chi connectivity index (χ3n) is 10.3. The Balaban J connectivity index is 1.12. The smallest absolute Gasteiger partial charge is 0.417 e. The highest BCUT2D eigenvalue weighted by Crippen LogP contribution is 2.55. The van der Waals surface area contributed by atoms with Gasteiger partial charge in [-0.05, 0) is 86.4 Å². The van der Waals surface area contributed by atoms with Gasteiger partial charge in [0, 0.05) is 36.9 Å². The zero-order valence-corrected chi connectivity index (χ0v) is 23.7. The van der Waals surface area contributed by atoms with Crippen molar-refractivity contribution >= 4 is 11.9 Å². The number of pyridine rings is 1. The lowest BCUT2D eigenvalue weighted by Crippen LogP contribution is -2.42. The van der Waals surface area contributed by atoms with Gasteiger partial charge in [0.15, 0.2) is 0 Å². The lowest BCUT2D eigenvalue weighted by atomic mass is 9.73. The summed E-state index contributed by atoms with van der Waals surface area (Å²) in [6, 6.07) is 7.18. The van der Waals surface area contributed by atoms with Crippen LogP contribution >= 0.6 is 0 Å². The van der Waals surface area contributed by atoms with Crippen LogP contribution in [-0.4, -0.2) is 66.1 Å². The number of aromatic nitrogens is 1. The van der Waals surface area contributed by atoms with E-state index in [-0.39, 0.29) is 24.4 Å². The van der Waals surface area contributed by atoms with Gasteiger partial charge in [0.25, 0.3) is 0 Å². The number of amides is 1. The normalized spacial score (nSPS) is 28.6. The van der Waals surface area contributed by atoms with E-state index in [1.165, 1.54) is 20.3 Å². The summed E-state index contributed by atoms with van der Waals surface area (Å²) in [5, 5.41) is 0. The number of halogens is 3. The second-order valence-electron chi connectivity index (χ2n) is 12.1. The summed E-state index contributed by atoms with van der Waals surface area (Å²) in [5.41, 5.74) is 1.51. The number of fused-ring (bicyclic) bond motifs is 2. The Hall–Kier alpha value is -3.14. The summed E-state index contributed by atoms with van der Waals surface area (Å²) >= 11 is 0. The fraction of sp³-hybridized carbons (Fsp3) is 0.581. The zero-order valence-electron chi connectivity index (χ0n) is 23.7. The van der Waals surface area contributed by atoms with E-state index in [9.17, 15) is 22.8 Å². The number of hydrogen-bond acceptors (Lipinski definition) is 6. The number of carbonyl (C=O) groups excluding carboxylic acids is 2. The number of ether oxygens (including phenoxy) is 2. The molecule has 41 heavy (non-hydrogen) atoms. The van der Waals surface area contributed by atoms with E-state index in [1.807, 2.05) is 23.1 Å². The van der Waals surface area contributed by atoms with Crippen LogP contribution in [0, 0.1) is 11.3 Å². The number of rotatable bonds is 4. The van der Waals surface area contributed by atoms with Crippen molar-refractivity contribution in [3.63, 3.8) is 0 Å². The van der Waals surface area contributed by atoms with E-state index in [2.05, 4.69) is 16.8 Å². The fourth-order valence-corrected chi connectivity index (χ4v) is 7.96. The molecule has 4 atom stereocenters. The largest absolute Gasteiger partial charge is 0.496 e. The van der Waals surface area contributed by atoms with Gasteiger partial charge in [-0.25, -0.2) is 4.79 Å². The Labute approximate surface area is 238 Å². The van der Waals surface area contributed by atoms with Crippen LogP contribution in [0.3, 0.4) is 0 Å². The Bertz CT molecular complexity index is 1360. The molecule has 1 aromatic carbocycles. The van der Waals surface area contributed by atoms with Crippen LogP contribution in [-0.2, 0) is 28.7 Å². The van der Waals surface area contributed by atoms with Crippen molar-refractivity contribution in [3.8, 4) is 5.75 Å². The minimum absolute atomic E-state index is 0.0252. The molecule has 0 radical (unpaired) electrons. The molecule has 4 aliphatic rings. The molecule has 0 N–H and O–H groups in total. The molecule has 6 rings (SSSR count). The monoisotopic (exact) mass is 571 g/mol. The maximum absolute atomic E-state index is 13.9. The zero-order chi connectivity index (χ0) is 29.1. The van der Waals surface area contributed by atoms with Gasteiger partial charge in [-0.3, -0.25) is 9.78 Å². The van der Waals surface area contributed by atoms with E-state index in [0.717, 1.165) is 57.0 Å². The number of benzene rings is 1. The molecule has 1 spiro atoms. The van der Waals surface area contributed by atoms with Crippen molar-refractivity contribution in [2.24, 2.45) is 11.3 Å².